The van der Waals surface area contributed by atoms with Crippen LogP contribution in [-0.4, -0.2) is 54.3 Å². The number of halogens is 1. The second-order valence-corrected chi connectivity index (χ2v) is 11.2. The molecule has 1 aliphatic rings. The number of benzene rings is 3. The topological polar surface area (TPSA) is 82.1 Å². The molecule has 1 amide bonds. The largest absolute Gasteiger partial charge is 0.476 e. The molecule has 1 saturated heterocycles. The molecule has 0 bridgehead atoms. The summed E-state index contributed by atoms with van der Waals surface area (Å²) in [5.74, 6) is -1.48. The smallest absolute Gasteiger partial charge is 0.415 e. The maximum atomic E-state index is 15.3. The number of esters is 1. The monoisotopic (exact) mass is 579 g/mol. The second kappa shape index (κ2) is 13.2. The number of thioether (sulfide) groups is 1. The highest BCUT2D eigenvalue weighted by Gasteiger charge is 2.41. The van der Waals surface area contributed by atoms with Gasteiger partial charge in [0.25, 0.3) is 0 Å². The van der Waals surface area contributed by atoms with E-state index in [1.807, 2.05) is 24.5 Å². The van der Waals surface area contributed by atoms with Gasteiger partial charge in [-0.2, -0.15) is 0 Å². The molecule has 4 rings (SSSR count). The van der Waals surface area contributed by atoms with E-state index in [-0.39, 0.29) is 43.6 Å². The molecule has 9 heteroatoms. The molecule has 1 fully saturated rings. The van der Waals surface area contributed by atoms with Crippen molar-refractivity contribution in [2.75, 3.05) is 26.0 Å². The zero-order valence-corrected chi connectivity index (χ0v) is 24.4. The van der Waals surface area contributed by atoms with Crippen LogP contribution in [0.4, 0.5) is 9.18 Å². The van der Waals surface area contributed by atoms with Crippen LogP contribution in [0, 0.1) is 17.7 Å². The number of ketones is 1. The van der Waals surface area contributed by atoms with Gasteiger partial charge in [0.05, 0.1) is 6.61 Å². The summed E-state index contributed by atoms with van der Waals surface area (Å²) in [6.45, 7) is 5.42. The molecule has 3 aromatic carbocycles. The van der Waals surface area contributed by atoms with E-state index in [9.17, 15) is 14.4 Å². The SMILES string of the molecule is CCOC(=O)C(C)(C)Oc1ccc(CC2CN(C(=O)Oc3ccccc3)CC2C(=O)c2ccc(SC)cc2)c(F)c1. The minimum atomic E-state index is -1.29. The van der Waals surface area contributed by atoms with Crippen molar-refractivity contribution in [1.82, 2.24) is 4.90 Å². The third-order valence-corrected chi connectivity index (χ3v) is 7.75. The Balaban J connectivity index is 1.54. The second-order valence-electron chi connectivity index (χ2n) is 10.3. The summed E-state index contributed by atoms with van der Waals surface area (Å²) in [4.78, 5) is 41.4. The first-order valence-corrected chi connectivity index (χ1v) is 14.7. The van der Waals surface area contributed by atoms with Crippen LogP contribution < -0.4 is 9.47 Å². The number of nitrogens with zero attached hydrogens (tertiary/aromatic N) is 1. The zero-order valence-electron chi connectivity index (χ0n) is 23.6. The average Bonchev–Trinajstić information content (AvgIpc) is 3.38. The van der Waals surface area contributed by atoms with Crippen LogP contribution in [0.1, 0.15) is 36.7 Å². The van der Waals surface area contributed by atoms with E-state index in [4.69, 9.17) is 14.2 Å². The maximum absolute atomic E-state index is 15.3. The van der Waals surface area contributed by atoms with Gasteiger partial charge in [-0.3, -0.25) is 4.79 Å². The molecule has 3 aromatic rings. The molecule has 7 nitrogen and oxygen atoms in total. The predicted octanol–water partition coefficient (Wildman–Crippen LogP) is 6.44. The highest BCUT2D eigenvalue weighted by atomic mass is 32.2. The van der Waals surface area contributed by atoms with Gasteiger partial charge in [0.15, 0.2) is 11.4 Å². The Hall–Kier alpha value is -3.85. The Labute approximate surface area is 244 Å². The Morgan fingerprint density at radius 1 is 0.976 bits per heavy atom. The van der Waals surface area contributed by atoms with Gasteiger partial charge in [0, 0.05) is 35.5 Å². The Morgan fingerprint density at radius 3 is 2.32 bits per heavy atom. The van der Waals surface area contributed by atoms with Crippen LogP contribution in [0.5, 0.6) is 11.5 Å². The average molecular weight is 580 g/mol. The highest BCUT2D eigenvalue weighted by Crippen LogP contribution is 2.33. The zero-order chi connectivity index (χ0) is 29.6. The lowest BCUT2D eigenvalue weighted by atomic mass is 9.84. The molecule has 0 saturated carbocycles. The van der Waals surface area contributed by atoms with E-state index >= 15 is 4.39 Å². The summed E-state index contributed by atoms with van der Waals surface area (Å²) in [7, 11) is 0. The third-order valence-electron chi connectivity index (χ3n) is 7.01. The first kappa shape index (κ1) is 30.1. The number of Topliss-reactive ketones (excluding diaryl/α,β-unsaturated/α-hetero) is 1. The Kier molecular flexibility index (Phi) is 9.70. The number of hydrogen-bond acceptors (Lipinski definition) is 7. The van der Waals surface area contributed by atoms with Crippen LogP contribution in [0.2, 0.25) is 0 Å². The van der Waals surface area contributed by atoms with Crippen LogP contribution in [0.25, 0.3) is 0 Å². The van der Waals surface area contributed by atoms with Crippen molar-refractivity contribution in [2.24, 2.45) is 11.8 Å². The minimum Gasteiger partial charge on any atom is -0.476 e. The molecule has 216 valence electrons. The number of carbonyl (C=O) groups is 3. The first-order chi connectivity index (χ1) is 19.6. The van der Waals surface area contributed by atoms with Crippen LogP contribution in [-0.2, 0) is 16.0 Å². The quantitative estimate of drug-likeness (QED) is 0.155. The standard InChI is InChI=1S/C32H34FNO6S/c1-5-38-30(36)32(2,3)40-25-14-11-22(28(33)18-25)17-23-19-34(31(37)39-24-9-7-6-8-10-24)20-27(23)29(35)21-12-15-26(41-4)16-13-21/h6-16,18,23,27H,5,17,19-20H2,1-4H3. The molecule has 0 N–H and O–H groups in total. The van der Waals surface area contributed by atoms with Crippen molar-refractivity contribution in [3.63, 3.8) is 0 Å². The summed E-state index contributed by atoms with van der Waals surface area (Å²) >= 11 is 1.58. The number of likely N-dealkylation sites (tertiary alicyclic amines) is 1. The van der Waals surface area contributed by atoms with Gasteiger partial charge < -0.3 is 19.1 Å². The summed E-state index contributed by atoms with van der Waals surface area (Å²) in [5, 5.41) is 0. The molecule has 41 heavy (non-hydrogen) atoms. The van der Waals surface area contributed by atoms with Gasteiger partial charge in [-0.25, -0.2) is 14.0 Å². The van der Waals surface area contributed by atoms with Gasteiger partial charge in [0.1, 0.15) is 17.3 Å². The number of rotatable bonds is 10. The fourth-order valence-electron chi connectivity index (χ4n) is 4.83. The maximum Gasteiger partial charge on any atom is 0.415 e. The Bertz CT molecular complexity index is 1380. The number of amides is 1. The Morgan fingerprint density at radius 2 is 1.68 bits per heavy atom. The van der Waals surface area contributed by atoms with Crippen LogP contribution in [0.3, 0.4) is 0 Å². The van der Waals surface area contributed by atoms with E-state index in [0.29, 0.717) is 16.9 Å². The molecule has 0 radical (unpaired) electrons. The van der Waals surface area contributed by atoms with Crippen LogP contribution >= 0.6 is 11.8 Å². The van der Waals surface area contributed by atoms with E-state index in [2.05, 4.69) is 0 Å². The molecule has 0 spiro atoms. The summed E-state index contributed by atoms with van der Waals surface area (Å²) in [5.41, 5.74) is -0.371. The normalized spacial score (nSPS) is 16.8. The van der Waals surface area contributed by atoms with Gasteiger partial charge >= 0.3 is 12.1 Å². The number of ether oxygens (including phenoxy) is 3. The van der Waals surface area contributed by atoms with E-state index < -0.39 is 29.4 Å². The van der Waals surface area contributed by atoms with Crippen molar-refractivity contribution in [3.05, 3.63) is 89.7 Å². The highest BCUT2D eigenvalue weighted by molar-refractivity contribution is 7.98. The molecule has 2 unspecified atom stereocenters. The minimum absolute atomic E-state index is 0.103. The third kappa shape index (κ3) is 7.47. The number of carbonyl (C=O) groups excluding carboxylic acids is 3. The van der Waals surface area contributed by atoms with Gasteiger partial charge in [-0.1, -0.05) is 36.4 Å². The van der Waals surface area contributed by atoms with Gasteiger partial charge in [0.2, 0.25) is 0 Å². The van der Waals surface area contributed by atoms with Crippen molar-refractivity contribution in [2.45, 2.75) is 37.7 Å². The lowest BCUT2D eigenvalue weighted by Gasteiger charge is -2.24. The molecule has 0 aromatic heterocycles. The van der Waals surface area contributed by atoms with E-state index in [1.54, 1.807) is 81.1 Å². The van der Waals surface area contributed by atoms with Gasteiger partial charge in [-0.05, 0) is 75.3 Å². The summed E-state index contributed by atoms with van der Waals surface area (Å²) < 4.78 is 31.6. The lowest BCUT2D eigenvalue weighted by molar-refractivity contribution is -0.158. The van der Waals surface area contributed by atoms with E-state index in [0.717, 1.165) is 4.90 Å². The van der Waals surface area contributed by atoms with Gasteiger partial charge in [-0.15, -0.1) is 11.8 Å². The molecular formula is C32H34FNO6S. The van der Waals surface area contributed by atoms with Crippen LogP contribution in [0.15, 0.2) is 77.7 Å². The predicted molar refractivity (Wildman–Crippen MR) is 155 cm³/mol. The molecule has 1 heterocycles. The van der Waals surface area contributed by atoms with Crippen molar-refractivity contribution in [1.29, 1.82) is 0 Å². The number of hydrogen-bond donors (Lipinski definition) is 0. The summed E-state index contributed by atoms with van der Waals surface area (Å²) in [6.07, 6.45) is 1.63. The number of para-hydroxylation sites is 1. The fraction of sp³-hybridized carbons (Fsp3) is 0.344. The van der Waals surface area contributed by atoms with Crippen molar-refractivity contribution < 1.29 is 33.0 Å². The fourth-order valence-corrected chi connectivity index (χ4v) is 5.24. The first-order valence-electron chi connectivity index (χ1n) is 13.5. The lowest BCUT2D eigenvalue weighted by Crippen LogP contribution is -2.39. The summed E-state index contributed by atoms with van der Waals surface area (Å²) in [6, 6.07) is 20.5. The molecule has 1 aliphatic heterocycles. The van der Waals surface area contributed by atoms with Crippen molar-refractivity contribution in [3.8, 4) is 11.5 Å². The molecular weight excluding hydrogens is 545 g/mol. The van der Waals surface area contributed by atoms with E-state index in [1.165, 1.54) is 11.0 Å². The van der Waals surface area contributed by atoms with Crippen molar-refractivity contribution >= 4 is 29.6 Å². The molecule has 0 aliphatic carbocycles. The molecule has 2 atom stereocenters.